The molecule has 1 N–H and O–H groups in total. The fraction of sp³-hybridized carbons (Fsp3) is 0.0476. The lowest BCUT2D eigenvalue weighted by Crippen LogP contribution is -2.17. The predicted molar refractivity (Wildman–Crippen MR) is 94.4 cm³/mol. The summed E-state index contributed by atoms with van der Waals surface area (Å²) in [6, 6.07) is 18.8. The minimum Gasteiger partial charge on any atom is -0.422 e. The van der Waals surface area contributed by atoms with Gasteiger partial charge in [-0.05, 0) is 24.3 Å². The highest BCUT2D eigenvalue weighted by molar-refractivity contribution is 6.13. The van der Waals surface area contributed by atoms with Crippen LogP contribution >= 0.6 is 0 Å². The summed E-state index contributed by atoms with van der Waals surface area (Å²) in [4.78, 5) is 16.1. The van der Waals surface area contributed by atoms with E-state index >= 15 is 0 Å². The van der Waals surface area contributed by atoms with Gasteiger partial charge in [-0.25, -0.2) is 9.78 Å². The van der Waals surface area contributed by atoms with Gasteiger partial charge in [0.25, 0.3) is 0 Å². The van der Waals surface area contributed by atoms with E-state index in [1.54, 1.807) is 36.4 Å². The lowest BCUT2D eigenvalue weighted by Gasteiger charge is -2.13. The first-order valence-corrected chi connectivity index (χ1v) is 8.16. The van der Waals surface area contributed by atoms with Crippen LogP contribution in [0, 0.1) is 0 Å². The van der Waals surface area contributed by atoms with Gasteiger partial charge in [-0.2, -0.15) is 13.2 Å². The van der Waals surface area contributed by atoms with Crippen LogP contribution in [0.5, 0.6) is 5.75 Å². The second-order valence-electron chi connectivity index (χ2n) is 5.97. The molecule has 0 saturated heterocycles. The molecule has 0 aliphatic carbocycles. The summed E-state index contributed by atoms with van der Waals surface area (Å²) in [5, 5.41) is 1.15. The van der Waals surface area contributed by atoms with Gasteiger partial charge < -0.3 is 4.74 Å². The van der Waals surface area contributed by atoms with Gasteiger partial charge in [0, 0.05) is 12.1 Å². The topological polar surface area (TPSA) is 40.4 Å². The number of aromatic amines is 1. The van der Waals surface area contributed by atoms with Crippen molar-refractivity contribution in [2.75, 3.05) is 0 Å². The number of rotatable bonds is 2. The van der Waals surface area contributed by atoms with E-state index in [0.29, 0.717) is 21.8 Å². The van der Waals surface area contributed by atoms with Crippen molar-refractivity contribution in [2.45, 2.75) is 6.18 Å². The van der Waals surface area contributed by atoms with E-state index in [1.807, 2.05) is 12.1 Å². The molecule has 0 amide bonds. The molecule has 4 aromatic rings. The summed E-state index contributed by atoms with van der Waals surface area (Å²) in [6.07, 6.45) is -4.62. The largest absolute Gasteiger partial charge is 0.422 e. The zero-order valence-corrected chi connectivity index (χ0v) is 13.9. The van der Waals surface area contributed by atoms with Gasteiger partial charge in [-0.3, -0.25) is 0 Å². The van der Waals surface area contributed by atoms with E-state index in [1.165, 1.54) is 12.1 Å². The molecule has 3 aromatic carbocycles. The summed E-state index contributed by atoms with van der Waals surface area (Å²) in [7, 11) is 0. The fourth-order valence-corrected chi connectivity index (χ4v) is 3.07. The first kappa shape index (κ1) is 17.0. The number of ether oxygens (including phenoxy) is 1. The summed E-state index contributed by atoms with van der Waals surface area (Å²) in [5.41, 5.74) is 0.603. The maximum Gasteiger partial charge on any atom is 0.419 e. The van der Waals surface area contributed by atoms with Crippen molar-refractivity contribution in [1.29, 1.82) is 0 Å². The van der Waals surface area contributed by atoms with E-state index in [0.717, 1.165) is 12.1 Å². The number of hydrogen-bond donors (Lipinski definition) is 0. The van der Waals surface area contributed by atoms with Crippen LogP contribution in [0.15, 0.2) is 72.8 Å². The number of aromatic nitrogens is 1. The van der Waals surface area contributed by atoms with Gasteiger partial charge in [0.05, 0.1) is 21.9 Å². The van der Waals surface area contributed by atoms with Gasteiger partial charge in [0.15, 0.2) is 0 Å². The summed E-state index contributed by atoms with van der Waals surface area (Å²) >= 11 is 0. The molecule has 0 bridgehead atoms. The normalized spacial score (nSPS) is 11.7. The third-order valence-corrected chi connectivity index (χ3v) is 4.26. The lowest BCUT2D eigenvalue weighted by molar-refractivity contribution is -0.310. The molecule has 0 spiro atoms. The van der Waals surface area contributed by atoms with E-state index < -0.39 is 23.5 Å². The highest BCUT2D eigenvalue weighted by Crippen LogP contribution is 2.36. The van der Waals surface area contributed by atoms with Crippen molar-refractivity contribution in [1.82, 2.24) is 0 Å². The van der Waals surface area contributed by atoms with Crippen LogP contribution in [-0.2, 0) is 6.18 Å². The number of halogens is 3. The quantitative estimate of drug-likeness (QED) is 0.282. The predicted octanol–water partition coefficient (Wildman–Crippen LogP) is 5.05. The first-order chi connectivity index (χ1) is 12.9. The smallest absolute Gasteiger partial charge is 0.419 e. The Kier molecular flexibility index (Phi) is 4.03. The molecule has 0 aliphatic rings. The van der Waals surface area contributed by atoms with Crippen molar-refractivity contribution in [3.05, 3.63) is 83.9 Å². The lowest BCUT2D eigenvalue weighted by atomic mass is 10.0. The standard InChI is InChI=1S/C21H12F3NO2/c22-21(23,24)15-9-3-6-12-18(15)27-20(26)19-13-7-1-4-10-16(13)25-17-11-5-2-8-14(17)19/h1-12H/p+1. The van der Waals surface area contributed by atoms with Crippen LogP contribution in [0.2, 0.25) is 0 Å². The molecule has 0 atom stereocenters. The number of para-hydroxylation sites is 3. The van der Waals surface area contributed by atoms with Crippen LogP contribution < -0.4 is 9.72 Å². The van der Waals surface area contributed by atoms with Crippen molar-refractivity contribution < 1.29 is 27.7 Å². The molecular weight excluding hydrogens is 355 g/mol. The Morgan fingerprint density at radius 1 is 0.778 bits per heavy atom. The molecule has 3 nitrogen and oxygen atoms in total. The maximum absolute atomic E-state index is 13.2. The van der Waals surface area contributed by atoms with Gasteiger partial charge >= 0.3 is 12.1 Å². The van der Waals surface area contributed by atoms with Crippen molar-refractivity contribution in [2.24, 2.45) is 0 Å². The maximum atomic E-state index is 13.2. The van der Waals surface area contributed by atoms with Crippen molar-refractivity contribution >= 4 is 27.8 Å². The Hall–Kier alpha value is -3.41. The van der Waals surface area contributed by atoms with Gasteiger partial charge in [0.1, 0.15) is 5.75 Å². The van der Waals surface area contributed by atoms with Crippen LogP contribution in [0.1, 0.15) is 15.9 Å². The van der Waals surface area contributed by atoms with E-state index in [9.17, 15) is 18.0 Å². The third kappa shape index (κ3) is 3.10. The number of carbonyl (C=O) groups is 1. The highest BCUT2D eigenvalue weighted by Gasteiger charge is 2.35. The zero-order valence-electron chi connectivity index (χ0n) is 13.9. The molecule has 0 unspecified atom stereocenters. The SMILES string of the molecule is O=C(Oc1ccccc1C(F)(F)F)c1c2ccccc2[nH+]c2ccccc12. The first-order valence-electron chi connectivity index (χ1n) is 8.16. The van der Waals surface area contributed by atoms with Crippen molar-refractivity contribution in [3.8, 4) is 5.75 Å². The minimum atomic E-state index is -4.62. The second kappa shape index (κ2) is 6.39. The second-order valence-corrected chi connectivity index (χ2v) is 5.97. The van der Waals surface area contributed by atoms with Crippen LogP contribution in [0.25, 0.3) is 21.8 Å². The van der Waals surface area contributed by atoms with E-state index in [2.05, 4.69) is 4.98 Å². The molecule has 134 valence electrons. The zero-order chi connectivity index (χ0) is 19.0. The molecule has 6 heteroatoms. The number of pyridine rings is 1. The molecule has 0 saturated carbocycles. The molecule has 1 heterocycles. The van der Waals surface area contributed by atoms with Crippen LogP contribution in [0.3, 0.4) is 0 Å². The van der Waals surface area contributed by atoms with Gasteiger partial charge in [-0.15, -0.1) is 0 Å². The Morgan fingerprint density at radius 3 is 1.89 bits per heavy atom. The number of fused-ring (bicyclic) bond motifs is 2. The summed E-state index contributed by atoms with van der Waals surface area (Å²) in [6.45, 7) is 0. The Bertz CT molecular complexity index is 1110. The van der Waals surface area contributed by atoms with Crippen molar-refractivity contribution in [3.63, 3.8) is 0 Å². The molecule has 0 radical (unpaired) electrons. The summed E-state index contributed by atoms with van der Waals surface area (Å²) < 4.78 is 44.8. The average Bonchev–Trinajstić information content (AvgIpc) is 2.65. The highest BCUT2D eigenvalue weighted by atomic mass is 19.4. The van der Waals surface area contributed by atoms with Gasteiger partial charge in [0.2, 0.25) is 11.0 Å². The molecule has 0 aliphatic heterocycles. The number of nitrogens with one attached hydrogen (secondary N) is 1. The monoisotopic (exact) mass is 368 g/mol. The number of esters is 1. The third-order valence-electron chi connectivity index (χ3n) is 4.26. The number of carbonyl (C=O) groups excluding carboxylic acids is 1. The molecule has 27 heavy (non-hydrogen) atoms. The minimum absolute atomic E-state index is 0.219. The fourth-order valence-electron chi connectivity index (χ4n) is 3.07. The molecule has 4 rings (SSSR count). The average molecular weight is 368 g/mol. The van der Waals surface area contributed by atoms with E-state index in [4.69, 9.17) is 4.74 Å². The number of alkyl halides is 3. The van der Waals surface area contributed by atoms with E-state index in [-0.39, 0.29) is 5.56 Å². The van der Waals surface area contributed by atoms with Gasteiger partial charge in [-0.1, -0.05) is 36.4 Å². The summed E-state index contributed by atoms with van der Waals surface area (Å²) in [5.74, 6) is -1.36. The molecule has 0 fully saturated rings. The van der Waals surface area contributed by atoms with Crippen LogP contribution in [-0.4, -0.2) is 5.97 Å². The Labute approximate surface area is 152 Å². The number of H-pyrrole nitrogens is 1. The Balaban J connectivity index is 1.89. The number of benzene rings is 3. The number of hydrogen-bond acceptors (Lipinski definition) is 2. The molecule has 1 aromatic heterocycles. The van der Waals surface area contributed by atoms with Crippen LogP contribution in [0.4, 0.5) is 13.2 Å². The Morgan fingerprint density at radius 2 is 1.30 bits per heavy atom. The molecular formula is C21H13F3NO2+.